The summed E-state index contributed by atoms with van der Waals surface area (Å²) in [5.74, 6) is 1.35. The van der Waals surface area contributed by atoms with E-state index in [1.165, 1.54) is 43.4 Å². The molecule has 1 aliphatic heterocycles. The molecule has 0 spiro atoms. The van der Waals surface area contributed by atoms with Crippen LogP contribution in [0.1, 0.15) is 84.9 Å². The van der Waals surface area contributed by atoms with Gasteiger partial charge in [0.2, 0.25) is 5.88 Å². The molecule has 0 amide bonds. The number of hydrogen-bond acceptors (Lipinski definition) is 4. The van der Waals surface area contributed by atoms with E-state index in [4.69, 9.17) is 9.72 Å². The van der Waals surface area contributed by atoms with E-state index in [0.717, 1.165) is 24.3 Å². The summed E-state index contributed by atoms with van der Waals surface area (Å²) in [6, 6.07) is 8.54. The Hall–Kier alpha value is -1.94. The van der Waals surface area contributed by atoms with Crippen LogP contribution in [0.2, 0.25) is 0 Å². The van der Waals surface area contributed by atoms with Gasteiger partial charge in [-0.05, 0) is 50.1 Å². The number of nitrogens with zero attached hydrogens (tertiary/aromatic N) is 3. The Kier molecular flexibility index (Phi) is 9.95. The minimum atomic E-state index is 0.198. The number of pyridine rings is 2. The minimum absolute atomic E-state index is 0.198. The van der Waals surface area contributed by atoms with Crippen LogP contribution in [0.4, 0.5) is 0 Å². The summed E-state index contributed by atoms with van der Waals surface area (Å²) < 4.78 is 5.75. The van der Waals surface area contributed by atoms with Crippen LogP contribution in [0.15, 0.2) is 30.5 Å². The molecule has 0 N–H and O–H groups in total. The van der Waals surface area contributed by atoms with E-state index < -0.39 is 0 Å². The van der Waals surface area contributed by atoms with Crippen molar-refractivity contribution in [3.05, 3.63) is 41.7 Å². The summed E-state index contributed by atoms with van der Waals surface area (Å²) in [6.07, 6.45) is 7.86. The Bertz CT molecular complexity index is 803. The van der Waals surface area contributed by atoms with Gasteiger partial charge in [-0.25, -0.2) is 4.98 Å². The van der Waals surface area contributed by atoms with Crippen LogP contribution in [0.3, 0.4) is 0 Å². The van der Waals surface area contributed by atoms with Gasteiger partial charge in [0.15, 0.2) is 0 Å². The highest BCUT2D eigenvalue weighted by Crippen LogP contribution is 2.45. The summed E-state index contributed by atoms with van der Waals surface area (Å²) in [6.45, 7) is 15.9. The maximum Gasteiger partial charge on any atom is 0.222 e. The van der Waals surface area contributed by atoms with E-state index in [0.29, 0.717) is 18.4 Å². The Morgan fingerprint density at radius 3 is 2.39 bits per heavy atom. The topological polar surface area (TPSA) is 38.2 Å². The van der Waals surface area contributed by atoms with Crippen LogP contribution >= 0.6 is 0 Å². The average molecular weight is 426 g/mol. The summed E-state index contributed by atoms with van der Waals surface area (Å²) in [7, 11) is 2.24. The molecule has 1 atom stereocenters. The fourth-order valence-electron chi connectivity index (χ4n) is 5.22. The van der Waals surface area contributed by atoms with E-state index in [1.807, 2.05) is 13.0 Å². The molecule has 4 heteroatoms. The molecule has 3 rings (SSSR count). The standard InChI is InChI=1S/C24H35N3O.C3H8/c1-6-14-24(18(7-2)8-3)17-27(5)16-22-20(24)12-13-21(26-22)19-11-10-15-25-23(19)28-9-4;1-3-2/h10-13,15,18H,6-9,14,16-17H2,1-5H3;3H2,1-2H3. The fourth-order valence-corrected chi connectivity index (χ4v) is 5.22. The molecule has 0 saturated heterocycles. The van der Waals surface area contributed by atoms with Crippen molar-refractivity contribution >= 4 is 0 Å². The van der Waals surface area contributed by atoms with Crippen LogP contribution in [0.5, 0.6) is 5.88 Å². The second kappa shape index (κ2) is 12.2. The Morgan fingerprint density at radius 2 is 1.77 bits per heavy atom. The maximum atomic E-state index is 5.75. The Balaban J connectivity index is 0.00000107. The number of ether oxygens (including phenoxy) is 1. The first-order valence-electron chi connectivity index (χ1n) is 12.3. The third kappa shape index (κ3) is 5.65. The number of fused-ring (bicyclic) bond motifs is 1. The van der Waals surface area contributed by atoms with Gasteiger partial charge in [0.05, 0.1) is 23.6 Å². The van der Waals surface area contributed by atoms with Gasteiger partial charge in [-0.15, -0.1) is 0 Å². The van der Waals surface area contributed by atoms with Crippen LogP contribution in [-0.2, 0) is 12.0 Å². The smallest absolute Gasteiger partial charge is 0.222 e. The van der Waals surface area contributed by atoms with Crippen molar-refractivity contribution in [3.63, 3.8) is 0 Å². The van der Waals surface area contributed by atoms with Crippen molar-refractivity contribution in [2.45, 2.75) is 85.6 Å². The van der Waals surface area contributed by atoms with Crippen LogP contribution in [-0.4, -0.2) is 35.1 Å². The van der Waals surface area contributed by atoms with Crippen LogP contribution in [0, 0.1) is 5.92 Å². The van der Waals surface area contributed by atoms with E-state index in [2.05, 4.69) is 69.7 Å². The molecule has 0 bridgehead atoms. The first kappa shape index (κ1) is 25.3. The molecule has 0 fully saturated rings. The molecule has 0 saturated carbocycles. The number of likely N-dealkylation sites (N-methyl/N-ethyl adjacent to an activating group) is 1. The van der Waals surface area contributed by atoms with Crippen molar-refractivity contribution in [1.29, 1.82) is 0 Å². The highest BCUT2D eigenvalue weighted by molar-refractivity contribution is 5.65. The van der Waals surface area contributed by atoms with Gasteiger partial charge in [-0.1, -0.05) is 66.4 Å². The van der Waals surface area contributed by atoms with Crippen molar-refractivity contribution in [2.24, 2.45) is 5.92 Å². The van der Waals surface area contributed by atoms with E-state index in [9.17, 15) is 0 Å². The molecule has 0 aromatic carbocycles. The van der Waals surface area contributed by atoms with Crippen LogP contribution < -0.4 is 4.74 Å². The van der Waals surface area contributed by atoms with Crippen molar-refractivity contribution in [2.75, 3.05) is 20.2 Å². The SMILES string of the molecule is CCC.CCCC1(C(CC)CC)CN(C)Cc2nc(-c3cccnc3OCC)ccc21. The third-order valence-electron chi connectivity index (χ3n) is 6.27. The molecule has 31 heavy (non-hydrogen) atoms. The molecule has 3 heterocycles. The molecular weight excluding hydrogens is 382 g/mol. The molecule has 2 aromatic rings. The average Bonchev–Trinajstić information content (AvgIpc) is 2.75. The van der Waals surface area contributed by atoms with E-state index >= 15 is 0 Å². The first-order valence-corrected chi connectivity index (χ1v) is 12.3. The van der Waals surface area contributed by atoms with E-state index in [-0.39, 0.29) is 5.41 Å². The van der Waals surface area contributed by atoms with Gasteiger partial charge in [-0.3, -0.25) is 9.88 Å². The molecule has 4 nitrogen and oxygen atoms in total. The van der Waals surface area contributed by atoms with Gasteiger partial charge >= 0.3 is 0 Å². The lowest BCUT2D eigenvalue weighted by atomic mass is 9.63. The fraction of sp³-hybridized carbons (Fsp3) is 0.630. The van der Waals surface area contributed by atoms with Gasteiger partial charge in [0.1, 0.15) is 0 Å². The lowest BCUT2D eigenvalue weighted by Crippen LogP contribution is -2.49. The summed E-state index contributed by atoms with van der Waals surface area (Å²) >= 11 is 0. The lowest BCUT2D eigenvalue weighted by Gasteiger charge is -2.47. The van der Waals surface area contributed by atoms with Crippen LogP contribution in [0.25, 0.3) is 11.3 Å². The number of aromatic nitrogens is 2. The molecular formula is C27H43N3O. The molecule has 0 radical (unpaired) electrons. The summed E-state index contributed by atoms with van der Waals surface area (Å²) in [5, 5.41) is 0. The second-order valence-corrected chi connectivity index (χ2v) is 8.78. The highest BCUT2D eigenvalue weighted by Gasteiger charge is 2.43. The zero-order valence-electron chi connectivity index (χ0n) is 20.9. The van der Waals surface area contributed by atoms with Crippen molar-refractivity contribution in [3.8, 4) is 17.1 Å². The van der Waals surface area contributed by atoms with Crippen molar-refractivity contribution in [1.82, 2.24) is 14.9 Å². The zero-order valence-corrected chi connectivity index (χ0v) is 20.9. The van der Waals surface area contributed by atoms with E-state index in [1.54, 1.807) is 6.20 Å². The summed E-state index contributed by atoms with van der Waals surface area (Å²) in [4.78, 5) is 12.0. The largest absolute Gasteiger partial charge is 0.477 e. The predicted molar refractivity (Wildman–Crippen MR) is 132 cm³/mol. The molecule has 0 aliphatic carbocycles. The lowest BCUT2D eigenvalue weighted by molar-refractivity contribution is 0.129. The second-order valence-electron chi connectivity index (χ2n) is 8.78. The monoisotopic (exact) mass is 425 g/mol. The predicted octanol–water partition coefficient (Wildman–Crippen LogP) is 6.88. The molecule has 1 aliphatic rings. The van der Waals surface area contributed by atoms with Crippen molar-refractivity contribution < 1.29 is 4.74 Å². The summed E-state index contributed by atoms with van der Waals surface area (Å²) in [5.41, 5.74) is 4.82. The molecule has 172 valence electrons. The molecule has 2 aromatic heterocycles. The van der Waals surface area contributed by atoms with Gasteiger partial charge in [0, 0.05) is 24.7 Å². The quantitative estimate of drug-likeness (QED) is 0.462. The molecule has 1 unspecified atom stereocenters. The highest BCUT2D eigenvalue weighted by atomic mass is 16.5. The third-order valence-corrected chi connectivity index (χ3v) is 6.27. The zero-order chi connectivity index (χ0) is 22.9. The minimum Gasteiger partial charge on any atom is -0.477 e. The van der Waals surface area contributed by atoms with Gasteiger partial charge in [0.25, 0.3) is 0 Å². The van der Waals surface area contributed by atoms with Gasteiger partial charge in [-0.2, -0.15) is 0 Å². The first-order chi connectivity index (χ1) is 15.0. The Labute approximate surface area is 190 Å². The normalized spacial score (nSPS) is 18.3. The number of hydrogen-bond donors (Lipinski definition) is 0. The number of rotatable bonds is 8. The maximum absolute atomic E-state index is 5.75. The Morgan fingerprint density at radius 1 is 1.06 bits per heavy atom. The van der Waals surface area contributed by atoms with Gasteiger partial charge < -0.3 is 4.74 Å².